The van der Waals surface area contributed by atoms with Gasteiger partial charge in [0.25, 0.3) is 0 Å². The molecule has 0 heterocycles. The summed E-state index contributed by atoms with van der Waals surface area (Å²) in [6, 6.07) is 0. The molecule has 0 amide bonds. The summed E-state index contributed by atoms with van der Waals surface area (Å²) in [7, 11) is 0. The zero-order valence-electron chi connectivity index (χ0n) is 2.70. The van der Waals surface area contributed by atoms with Crippen molar-refractivity contribution in [2.75, 3.05) is 0 Å². The monoisotopic (exact) mass is 619 g/mol. The molecule has 0 aromatic carbocycles. The maximum absolute atomic E-state index is 1.42. The fourth-order valence-electron chi connectivity index (χ4n) is 0. The molecule has 0 aliphatic rings. The van der Waals surface area contributed by atoms with Gasteiger partial charge in [0.1, 0.15) is 0 Å². The molecule has 3 heteroatoms. The van der Waals surface area contributed by atoms with Gasteiger partial charge in [-0.15, -0.1) is 0 Å². The van der Waals surface area contributed by atoms with Gasteiger partial charge in [0.15, 0.2) is 0 Å². The Bertz CT molecular complexity index is 8.00. The van der Waals surface area contributed by atoms with Gasteiger partial charge in [-0.3, -0.25) is 0 Å². The first-order chi connectivity index (χ1) is 1.73. The van der Waals surface area contributed by atoms with Crippen LogP contribution < -0.4 is 0 Å². The number of rotatable bonds is 0. The van der Waals surface area contributed by atoms with Crippen LogP contribution in [0.4, 0.5) is 0 Å². The van der Waals surface area contributed by atoms with Gasteiger partial charge in [-0.25, -0.2) is 0 Å². The van der Waals surface area contributed by atoms with Gasteiger partial charge < -0.3 is 0 Å². The van der Waals surface area contributed by atoms with Crippen LogP contribution in [0.1, 0.15) is 0 Å². The molecule has 0 saturated heterocycles. The summed E-state index contributed by atoms with van der Waals surface area (Å²) in [5.74, 6) is 0. The van der Waals surface area contributed by atoms with Crippen molar-refractivity contribution in [3.63, 3.8) is 0 Å². The number of hydrogen-bond donors (Lipinski definition) is 0. The Kier molecular flexibility index (Phi) is 6.77. The minimum atomic E-state index is 1.19. The molecule has 0 N–H and O–H groups in total. The van der Waals surface area contributed by atoms with Crippen LogP contribution in [0.5, 0.6) is 0 Å². The van der Waals surface area contributed by atoms with Crippen LogP contribution in [-0.2, 0) is 78.4 Å². The summed E-state index contributed by atoms with van der Waals surface area (Å²) in [4.78, 5) is 0. The summed E-state index contributed by atoms with van der Waals surface area (Å²) in [5, 5.41) is 0. The molecular weight excluding hydrogens is 614 g/mol. The number of hydrogen-bond acceptors (Lipinski definition) is 0. The summed E-state index contributed by atoms with van der Waals surface area (Å²) in [6.07, 6.45) is 0. The average molecular weight is 615 g/mol. The molecule has 0 bridgehead atoms. The topological polar surface area (TPSA) is 0 Å². The standard InChI is InChI=1S/CH.3Hg/h1H;;;. The predicted molar refractivity (Wildman–Crippen MR) is 3.75 cm³/mol. The zero-order valence-corrected chi connectivity index (χ0v) is 19.2. The van der Waals surface area contributed by atoms with E-state index in [9.17, 15) is 0 Å². The van der Waals surface area contributed by atoms with E-state index in [-0.39, 0.29) is 0 Å². The molecule has 0 aromatic heterocycles. The van der Waals surface area contributed by atoms with E-state index in [1.807, 2.05) is 0 Å². The third-order valence-electron chi connectivity index (χ3n) is 0. The Morgan fingerprint density at radius 2 is 1.00 bits per heavy atom. The van der Waals surface area contributed by atoms with E-state index in [0.717, 1.165) is 0 Å². The Balaban J connectivity index is 2.32. The quantitative estimate of drug-likeness (QED) is 0.346. The first-order valence-corrected chi connectivity index (χ1v) is 10.7. The van der Waals surface area contributed by atoms with E-state index in [1.165, 1.54) is 76.8 Å². The first kappa shape index (κ1) is 6.81. The molecular formula is CHHg3. The van der Waals surface area contributed by atoms with Crippen LogP contribution in [0.25, 0.3) is 0 Å². The van der Waals surface area contributed by atoms with Crippen LogP contribution in [0.2, 0.25) is -1.56 Å². The van der Waals surface area contributed by atoms with Gasteiger partial charge >= 0.3 is 76.8 Å². The second-order valence-electron chi connectivity index (χ2n) is 0.866. The summed E-state index contributed by atoms with van der Waals surface area (Å²) in [5.41, 5.74) is 0. The van der Waals surface area contributed by atoms with Crippen molar-refractivity contribution in [1.82, 2.24) is 0 Å². The molecule has 0 rings (SSSR count). The van der Waals surface area contributed by atoms with Crippen LogP contribution in [0.3, 0.4) is 0 Å². The van der Waals surface area contributed by atoms with Crippen LogP contribution in [-0.4, -0.2) is 0 Å². The minimum absolute atomic E-state index is 1.19. The summed E-state index contributed by atoms with van der Waals surface area (Å²) >= 11 is 3.58. The van der Waals surface area contributed by atoms with Crippen molar-refractivity contribution in [2.45, 2.75) is -1.56 Å². The molecule has 0 spiro atoms. The van der Waals surface area contributed by atoms with E-state index in [2.05, 4.69) is 0 Å². The van der Waals surface area contributed by atoms with Crippen molar-refractivity contribution >= 4 is 0 Å². The molecule has 0 aromatic rings. The van der Waals surface area contributed by atoms with Gasteiger partial charge in [-0.2, -0.15) is 0 Å². The Morgan fingerprint density at radius 3 is 1.00 bits per heavy atom. The molecule has 0 saturated carbocycles. The zero-order chi connectivity index (χ0) is 3.58. The molecule has 0 aliphatic carbocycles. The van der Waals surface area contributed by atoms with Gasteiger partial charge in [-0.05, 0) is 0 Å². The molecule has 0 nitrogen and oxygen atoms in total. The van der Waals surface area contributed by atoms with Crippen LogP contribution >= 0.6 is 0 Å². The van der Waals surface area contributed by atoms with Crippen molar-refractivity contribution in [2.24, 2.45) is 0 Å². The Morgan fingerprint density at radius 1 is 1.00 bits per heavy atom. The van der Waals surface area contributed by atoms with E-state index >= 15 is 0 Å². The van der Waals surface area contributed by atoms with Crippen LogP contribution in [0, 0.1) is 0 Å². The Hall–Kier alpha value is 2.81. The van der Waals surface area contributed by atoms with Crippen molar-refractivity contribution in [3.8, 4) is 0 Å². The molecule has 11 valence electrons. The van der Waals surface area contributed by atoms with Crippen molar-refractivity contribution in [3.05, 3.63) is 0 Å². The molecule has 4 heavy (non-hydrogen) atoms. The van der Waals surface area contributed by atoms with Gasteiger partial charge in [0.05, 0.1) is 0 Å². The average Bonchev–Trinajstić information content (AvgIpc) is 0.811. The molecule has 0 unspecified atom stereocenters. The van der Waals surface area contributed by atoms with E-state index in [4.69, 9.17) is 0 Å². The second kappa shape index (κ2) is 3.98. The van der Waals surface area contributed by atoms with Gasteiger partial charge in [0, 0.05) is 0 Å². The summed E-state index contributed by atoms with van der Waals surface area (Å²) < 4.78 is 1.42. The molecule has 0 fully saturated rings. The third-order valence-corrected chi connectivity index (χ3v) is 0. The second-order valence-corrected chi connectivity index (χ2v) is 66.7. The third kappa shape index (κ3) is 8.84. The fraction of sp³-hybridized carbons (Fsp3) is 1.00. The Labute approximate surface area is 75.0 Å². The normalized spacial score (nSPS) is 9.75. The molecule has 0 atom stereocenters. The van der Waals surface area contributed by atoms with Crippen molar-refractivity contribution in [1.29, 1.82) is 0 Å². The molecule has 0 aliphatic heterocycles. The van der Waals surface area contributed by atoms with Gasteiger partial charge in [-0.1, -0.05) is 0 Å². The van der Waals surface area contributed by atoms with E-state index in [1.54, 1.807) is 0 Å². The van der Waals surface area contributed by atoms with E-state index < -0.39 is 0 Å². The molecule has 0 radical (unpaired) electrons. The predicted octanol–water partition coefficient (Wildman–Crippen LogP) is 0.330. The van der Waals surface area contributed by atoms with E-state index in [0.29, 0.717) is 0 Å². The van der Waals surface area contributed by atoms with Gasteiger partial charge in [0.2, 0.25) is 0 Å². The van der Waals surface area contributed by atoms with Crippen molar-refractivity contribution < 1.29 is 78.4 Å². The maximum atomic E-state index is 1.42. The van der Waals surface area contributed by atoms with Crippen LogP contribution in [0.15, 0.2) is 0 Å². The fourth-order valence-corrected chi connectivity index (χ4v) is 0. The first-order valence-electron chi connectivity index (χ1n) is 1.22. The summed E-state index contributed by atoms with van der Waals surface area (Å²) in [6.45, 7) is 0. The SMILES string of the molecule is [Hg][CH]([Hg])[Hg].